The van der Waals surface area contributed by atoms with Crippen molar-refractivity contribution in [3.63, 3.8) is 0 Å². The second-order valence-corrected chi connectivity index (χ2v) is 42.8. The summed E-state index contributed by atoms with van der Waals surface area (Å²) in [4.78, 5) is 123. The third-order valence-corrected chi connectivity index (χ3v) is 29.2. The van der Waals surface area contributed by atoms with Gasteiger partial charge in [-0.2, -0.15) is 0 Å². The smallest absolute Gasteiger partial charge is 0.258 e. The van der Waals surface area contributed by atoms with Gasteiger partial charge in [0.2, 0.25) is 0 Å². The monoisotopic (exact) mass is 2220 g/mol. The number of nitrogens with zero attached hydrogens (tertiary/aromatic N) is 20. The summed E-state index contributed by atoms with van der Waals surface area (Å²) < 4.78 is 24.0. The normalized spacial score (nSPS) is 13.7. The van der Waals surface area contributed by atoms with Crippen LogP contribution in [0.1, 0.15) is 281 Å². The van der Waals surface area contributed by atoms with Crippen molar-refractivity contribution in [2.45, 2.75) is 248 Å². The Morgan fingerprint density at radius 2 is 0.816 bits per heavy atom. The van der Waals surface area contributed by atoms with E-state index in [1.807, 2.05) is 166 Å². The van der Waals surface area contributed by atoms with E-state index in [9.17, 15) is 24.0 Å². The summed E-state index contributed by atoms with van der Waals surface area (Å²) in [5.74, 6) is 6.74. The Kier molecular flexibility index (Phi) is 39.1. The first kappa shape index (κ1) is 109. The highest BCUT2D eigenvalue weighted by Crippen LogP contribution is 2.40. The molecule has 10 aromatic heterocycles. The van der Waals surface area contributed by atoms with Crippen LogP contribution >= 0.6 is 73.3 Å². The highest BCUT2D eigenvalue weighted by molar-refractivity contribution is 14.1. The molecule has 0 saturated heterocycles. The lowest BCUT2D eigenvalue weighted by Gasteiger charge is -2.26. The van der Waals surface area contributed by atoms with Crippen molar-refractivity contribution in [1.29, 1.82) is 0 Å². The van der Waals surface area contributed by atoms with E-state index in [0.29, 0.717) is 144 Å². The van der Waals surface area contributed by atoms with Crippen molar-refractivity contribution in [1.82, 2.24) is 97.2 Å². The first-order valence-corrected chi connectivity index (χ1v) is 54.9. The summed E-state index contributed by atoms with van der Waals surface area (Å²) in [6.45, 7) is 27.8. The number of fused-ring (bicyclic) bond motifs is 5. The summed E-state index contributed by atoms with van der Waals surface area (Å²) in [7, 11) is 3.14. The van der Waals surface area contributed by atoms with E-state index in [-0.39, 0.29) is 29.5 Å². The first-order chi connectivity index (χ1) is 71.3. The molecule has 19 rings (SSSR count). The van der Waals surface area contributed by atoms with Crippen molar-refractivity contribution >= 4 is 159 Å². The molecule has 5 amide bonds. The van der Waals surface area contributed by atoms with Gasteiger partial charge < -0.3 is 56.8 Å². The molecular formula is C115H135BrCl3IN20O7. The lowest BCUT2D eigenvalue weighted by Crippen LogP contribution is -2.35. The maximum Gasteiger partial charge on any atom is 0.258 e. The van der Waals surface area contributed by atoms with Crippen LogP contribution in [0.15, 0.2) is 212 Å². The van der Waals surface area contributed by atoms with Gasteiger partial charge in [-0.3, -0.25) is 24.0 Å². The number of benzene rings is 5. The van der Waals surface area contributed by atoms with E-state index < -0.39 is 0 Å². The van der Waals surface area contributed by atoms with Crippen LogP contribution in [0.25, 0.3) is 55.8 Å². The minimum atomic E-state index is -0.106. The van der Waals surface area contributed by atoms with Crippen molar-refractivity contribution in [3.05, 3.63) is 293 Å². The Bertz CT molecular complexity index is 7040. The van der Waals surface area contributed by atoms with E-state index >= 15 is 0 Å². The molecule has 0 radical (unpaired) electrons. The zero-order valence-corrected chi connectivity index (χ0v) is 92.1. The molecule has 27 nitrogen and oxygen atoms in total. The molecule has 0 unspecified atom stereocenters. The van der Waals surface area contributed by atoms with E-state index in [0.717, 1.165) is 201 Å². The van der Waals surface area contributed by atoms with Gasteiger partial charge in [0.15, 0.2) is 28.2 Å². The Balaban J connectivity index is 0.000000138. The number of imidazole rings is 5. The second-order valence-electron chi connectivity index (χ2n) is 39.3. The maximum atomic E-state index is 13.7. The van der Waals surface area contributed by atoms with E-state index in [1.165, 1.54) is 51.4 Å². The number of methoxy groups -OCH3 is 2. The van der Waals surface area contributed by atoms with E-state index in [1.54, 1.807) is 80.1 Å². The lowest BCUT2D eigenvalue weighted by molar-refractivity contribution is 0.0706. The van der Waals surface area contributed by atoms with Gasteiger partial charge in [0.1, 0.15) is 68.2 Å². The number of hydrogen-bond donors (Lipinski definition) is 0. The zero-order valence-electron chi connectivity index (χ0n) is 86.0. The van der Waals surface area contributed by atoms with Crippen molar-refractivity contribution < 1.29 is 33.4 Å². The zero-order chi connectivity index (χ0) is 104. The second kappa shape index (κ2) is 52.7. The molecule has 0 N–H and O–H groups in total. The van der Waals surface area contributed by atoms with Crippen LogP contribution in [0.2, 0.25) is 15.1 Å². The quantitative estimate of drug-likeness (QED) is 0.0199. The highest BCUT2D eigenvalue weighted by Gasteiger charge is 2.34. The van der Waals surface area contributed by atoms with Crippen molar-refractivity contribution in [2.24, 2.45) is 17.8 Å². The van der Waals surface area contributed by atoms with Crippen LogP contribution in [0.5, 0.6) is 11.5 Å². The van der Waals surface area contributed by atoms with Gasteiger partial charge in [-0.15, -0.1) is 6.58 Å². The summed E-state index contributed by atoms with van der Waals surface area (Å²) in [5, 5.41) is 1.71. The number of pyridine rings is 5. The molecule has 4 fully saturated rings. The summed E-state index contributed by atoms with van der Waals surface area (Å²) in [6, 6.07) is 51.7. The van der Waals surface area contributed by atoms with Gasteiger partial charge >= 0.3 is 0 Å². The average molecular weight is 2220 g/mol. The maximum absolute atomic E-state index is 13.7. The Labute approximate surface area is 899 Å². The minimum absolute atomic E-state index is 0.0152. The van der Waals surface area contributed by atoms with Crippen molar-refractivity contribution in [3.8, 4) is 11.5 Å². The predicted molar refractivity (Wildman–Crippen MR) is 597 cm³/mol. The van der Waals surface area contributed by atoms with Crippen LogP contribution in [0, 0.1) is 28.2 Å². The number of aromatic nitrogens is 15. The van der Waals surface area contributed by atoms with Gasteiger partial charge in [0.05, 0.1) is 58.1 Å². The van der Waals surface area contributed by atoms with Gasteiger partial charge in [-0.1, -0.05) is 175 Å². The molecule has 0 atom stereocenters. The molecule has 4 aliphatic rings. The van der Waals surface area contributed by atoms with Crippen LogP contribution in [0.3, 0.4) is 0 Å². The largest absolute Gasteiger partial charge is 0.496 e. The number of halogens is 5. The van der Waals surface area contributed by atoms with E-state index in [2.05, 4.69) is 141 Å². The Hall–Kier alpha value is -12.0. The number of unbranched alkanes of at least 4 members (excludes halogenated alkanes) is 3. The van der Waals surface area contributed by atoms with Gasteiger partial charge in [0.25, 0.3) is 29.5 Å². The van der Waals surface area contributed by atoms with Crippen LogP contribution in [-0.4, -0.2) is 174 Å². The molecule has 5 aromatic carbocycles. The Morgan fingerprint density at radius 1 is 0.429 bits per heavy atom. The lowest BCUT2D eigenvalue weighted by atomic mass is 10.1. The van der Waals surface area contributed by atoms with Gasteiger partial charge in [-0.05, 0) is 275 Å². The standard InChI is InChI=1S/C25H31ClN4O2.C24H29ClN4O2.C24H29ClN4O.C21H21BrN4O.C21H25IN4O/c1-3-4-7-15-29(25(31)20-16-18(26)12-13-22(20)32-2)17-23-28-21-11-8-14-27-24(21)30(23)19-9-5-6-10-19;1-16(2)14-28(24(30)19-13-17(25)10-11-21(19)31-3)15-22-27-20-9-6-12-26-23(20)29(22)18-7-4-5-8-18;1-16(2)14-28(24(30)18-10-11-20(25)17(3)13-18)15-22-27-21-9-6-12-26-23(21)29(22)19-7-4-5-8-19;1-2-11-25(21(27)16-5-3-6-17(22)12-16)14-19-24-18-7-4-10-23-20(18)26(19)13-15-8-9-15;1-3-5-13-25(21(27)16-8-6-9-17(22)14-16)15-19-24-18-10-7-11-23-20(18)26(19)12-4-2/h8,11-14,16,19H,3-7,9-10,15,17H2,1-2H3;6,9-13,16,18H,4-5,7-8,14-15H2,1-3H3;6,9-13,16,19H,4-5,7-8,14-15H2,1-3H3;2-7,10,12,15H,1,8-9,11,13-14H2;6-11,14H,3-5,12-13,15H2,1-2H3. The SMILES string of the molecule is C=CCN(Cc1nc2cccnc2n1CC1CC1)C(=O)c1cccc(Br)c1.CCCCCN(Cc1nc2cccnc2n1C1CCCC1)C(=O)c1cc(Cl)ccc1OC.CCCCN(Cc1nc2cccnc2n1CCC)C(=O)c1cccc(I)c1.COc1ccc(Cl)cc1C(=O)N(Cc1nc2cccnc2n1C1CCCC1)CC(C)C.Cc1cc(C(=O)N(Cc2nc3cccnc3n2C2CCCC2)CC(C)C)ccc1Cl. The molecule has 0 bridgehead atoms. The van der Waals surface area contributed by atoms with Crippen molar-refractivity contribution in [2.75, 3.05) is 46.9 Å². The molecule has 147 heavy (non-hydrogen) atoms. The predicted octanol–water partition coefficient (Wildman–Crippen LogP) is 26.7. The number of carbonyl (C=O) groups is 5. The minimum Gasteiger partial charge on any atom is -0.496 e. The summed E-state index contributed by atoms with van der Waals surface area (Å²) in [6.07, 6.45) is 33.5. The molecule has 0 aliphatic heterocycles. The van der Waals surface area contributed by atoms with Crippen LogP contribution in [0.4, 0.5) is 0 Å². The number of ether oxygens (including phenoxy) is 2. The van der Waals surface area contributed by atoms with Gasteiger partial charge in [0, 0.05) is 135 Å². The number of aryl methyl sites for hydroxylation is 2. The molecule has 10 heterocycles. The first-order valence-electron chi connectivity index (χ1n) is 51.9. The fourth-order valence-electron chi connectivity index (χ4n) is 19.9. The summed E-state index contributed by atoms with van der Waals surface area (Å²) >= 11 is 24.3. The fraction of sp³-hybridized carbons (Fsp3) is 0.417. The average Bonchev–Trinajstić information content (AvgIpc) is 1.62. The number of rotatable bonds is 37. The highest BCUT2D eigenvalue weighted by atomic mass is 127. The van der Waals surface area contributed by atoms with Crippen LogP contribution in [-0.2, 0) is 45.8 Å². The van der Waals surface area contributed by atoms with Gasteiger partial charge in [-0.25, -0.2) is 49.8 Å². The molecule has 32 heteroatoms. The summed E-state index contributed by atoms with van der Waals surface area (Å²) in [5.41, 5.74) is 12.9. The molecule has 4 saturated carbocycles. The third kappa shape index (κ3) is 27.9. The number of amides is 5. The molecule has 4 aliphatic carbocycles. The topological polar surface area (TPSA) is 274 Å². The Morgan fingerprint density at radius 3 is 1.26 bits per heavy atom. The van der Waals surface area contributed by atoms with Crippen LogP contribution < -0.4 is 9.47 Å². The molecular weight excluding hydrogens is 2090 g/mol. The third-order valence-electron chi connectivity index (χ3n) is 27.1. The molecule has 0 spiro atoms. The molecule has 15 aromatic rings. The fourth-order valence-corrected chi connectivity index (χ4v) is 21.3. The number of carbonyl (C=O) groups excluding carboxylic acids is 5. The number of hydrogen-bond acceptors (Lipinski definition) is 17. The molecule has 772 valence electrons. The van der Waals surface area contributed by atoms with E-state index in [4.69, 9.17) is 69.2 Å².